The molecule has 0 amide bonds. The number of carbonyl (C=O) groups excluding carboxylic acids is 2. The summed E-state index contributed by atoms with van der Waals surface area (Å²) in [5.74, 6) is -1.05. The topological polar surface area (TPSA) is 43.4 Å². The summed E-state index contributed by atoms with van der Waals surface area (Å²) in [7, 11) is 1.37. The number of hydrogen-bond acceptors (Lipinski definition) is 3. The highest BCUT2D eigenvalue weighted by atomic mass is 19.1. The lowest BCUT2D eigenvalue weighted by molar-refractivity contribution is -0.119. The van der Waals surface area contributed by atoms with E-state index in [1.165, 1.54) is 25.3 Å². The maximum Gasteiger partial charge on any atom is 0.176 e. The van der Waals surface area contributed by atoms with E-state index in [1.807, 2.05) is 0 Å². The molecule has 1 aromatic carbocycles. The fraction of sp³-hybridized carbons (Fsp3) is 0.385. The molecule has 1 saturated carbocycles. The van der Waals surface area contributed by atoms with Gasteiger partial charge in [-0.25, -0.2) is 4.39 Å². The van der Waals surface area contributed by atoms with Crippen LogP contribution in [0.3, 0.4) is 0 Å². The highest BCUT2D eigenvalue weighted by molar-refractivity contribution is 6.10. The molecule has 0 saturated heterocycles. The van der Waals surface area contributed by atoms with Gasteiger partial charge in [0.1, 0.15) is 17.3 Å². The molecule has 0 N–H and O–H groups in total. The molecule has 0 unspecified atom stereocenters. The number of methoxy groups -OCH3 is 1. The van der Waals surface area contributed by atoms with Crippen molar-refractivity contribution in [2.24, 2.45) is 5.92 Å². The molecule has 0 atom stereocenters. The van der Waals surface area contributed by atoms with Crippen molar-refractivity contribution in [3.63, 3.8) is 0 Å². The molecule has 0 aliphatic heterocycles. The van der Waals surface area contributed by atoms with Crippen molar-refractivity contribution in [1.29, 1.82) is 0 Å². The molecule has 1 fully saturated rings. The van der Waals surface area contributed by atoms with E-state index < -0.39 is 11.6 Å². The van der Waals surface area contributed by atoms with Crippen molar-refractivity contribution in [3.05, 3.63) is 29.6 Å². The van der Waals surface area contributed by atoms with Crippen LogP contribution < -0.4 is 4.74 Å². The van der Waals surface area contributed by atoms with Crippen LogP contribution in [0, 0.1) is 11.7 Å². The third kappa shape index (κ3) is 2.52. The zero-order valence-electron chi connectivity index (χ0n) is 9.53. The van der Waals surface area contributed by atoms with Crippen LogP contribution in [0.4, 0.5) is 4.39 Å². The van der Waals surface area contributed by atoms with Gasteiger partial charge in [0.15, 0.2) is 5.78 Å². The first-order chi connectivity index (χ1) is 8.13. The van der Waals surface area contributed by atoms with Gasteiger partial charge in [0.2, 0.25) is 0 Å². The molecule has 0 aromatic heterocycles. The highest BCUT2D eigenvalue weighted by Crippen LogP contribution is 2.32. The van der Waals surface area contributed by atoms with Crippen LogP contribution in [0.1, 0.15) is 29.6 Å². The van der Waals surface area contributed by atoms with Gasteiger partial charge in [-0.2, -0.15) is 0 Å². The predicted molar refractivity (Wildman–Crippen MR) is 59.6 cm³/mol. The molecule has 0 radical (unpaired) electrons. The number of ketones is 2. The van der Waals surface area contributed by atoms with E-state index in [1.54, 1.807) is 0 Å². The van der Waals surface area contributed by atoms with E-state index >= 15 is 0 Å². The Morgan fingerprint density at radius 1 is 1.41 bits per heavy atom. The predicted octanol–water partition coefficient (Wildman–Crippen LogP) is 2.39. The second-order valence-corrected chi connectivity index (χ2v) is 4.16. The highest BCUT2D eigenvalue weighted by Gasteiger charge is 2.31. The van der Waals surface area contributed by atoms with E-state index in [2.05, 4.69) is 0 Å². The van der Waals surface area contributed by atoms with Crippen LogP contribution in [-0.4, -0.2) is 18.7 Å². The van der Waals surface area contributed by atoms with Crippen LogP contribution in [0.25, 0.3) is 0 Å². The maximum absolute atomic E-state index is 13.5. The summed E-state index contributed by atoms with van der Waals surface area (Å²) in [6.45, 7) is 0. The number of carbonyl (C=O) groups is 2. The number of halogens is 1. The lowest BCUT2D eigenvalue weighted by Gasteiger charge is -2.07. The van der Waals surface area contributed by atoms with Crippen LogP contribution in [0.15, 0.2) is 18.2 Å². The summed E-state index contributed by atoms with van der Waals surface area (Å²) in [6, 6.07) is 4.17. The Morgan fingerprint density at radius 2 is 2.12 bits per heavy atom. The molecular weight excluding hydrogens is 223 g/mol. The smallest absolute Gasteiger partial charge is 0.176 e. The van der Waals surface area contributed by atoms with Crippen molar-refractivity contribution < 1.29 is 18.7 Å². The van der Waals surface area contributed by atoms with Gasteiger partial charge in [0.05, 0.1) is 19.1 Å². The Hall–Kier alpha value is -1.71. The Labute approximate surface area is 98.6 Å². The maximum atomic E-state index is 13.5. The normalized spacial score (nSPS) is 14.5. The van der Waals surface area contributed by atoms with E-state index in [4.69, 9.17) is 4.74 Å². The lowest BCUT2D eigenvalue weighted by Crippen LogP contribution is -2.12. The summed E-state index contributed by atoms with van der Waals surface area (Å²) in [6.07, 6.45) is 1.46. The fourth-order valence-electron chi connectivity index (χ4n) is 1.74. The second kappa shape index (κ2) is 4.65. The first-order valence-corrected chi connectivity index (χ1v) is 5.52. The van der Waals surface area contributed by atoms with Crippen LogP contribution >= 0.6 is 0 Å². The van der Waals surface area contributed by atoms with Crippen molar-refractivity contribution in [2.45, 2.75) is 19.3 Å². The van der Waals surface area contributed by atoms with Gasteiger partial charge in [-0.05, 0) is 25.0 Å². The molecule has 1 aliphatic carbocycles. The molecule has 1 aromatic rings. The second-order valence-electron chi connectivity index (χ2n) is 4.16. The largest absolute Gasteiger partial charge is 0.496 e. The zero-order valence-corrected chi connectivity index (χ0v) is 9.53. The third-order valence-corrected chi connectivity index (χ3v) is 2.84. The Kier molecular flexibility index (Phi) is 3.22. The number of Topliss-reactive ketones (excluding diaryl/α,β-unsaturated/α-hetero) is 2. The standard InChI is InChI=1S/C13H13FO3/c1-17-12-4-2-3-9(14)13(12)11(16)7-10(15)8-5-6-8/h2-4,8H,5-7H2,1H3. The van der Waals surface area contributed by atoms with Crippen LogP contribution in [-0.2, 0) is 4.79 Å². The Morgan fingerprint density at radius 3 is 2.71 bits per heavy atom. The summed E-state index contributed by atoms with van der Waals surface area (Å²) < 4.78 is 18.5. The number of ether oxygens (including phenoxy) is 1. The molecule has 1 aliphatic rings. The van der Waals surface area contributed by atoms with Crippen molar-refractivity contribution >= 4 is 11.6 Å². The van der Waals surface area contributed by atoms with Gasteiger partial charge in [-0.1, -0.05) is 6.07 Å². The number of benzene rings is 1. The molecule has 90 valence electrons. The lowest BCUT2D eigenvalue weighted by atomic mass is 10.0. The minimum absolute atomic E-state index is 0.0109. The van der Waals surface area contributed by atoms with E-state index in [0.717, 1.165) is 12.8 Å². The molecule has 0 spiro atoms. The molecule has 17 heavy (non-hydrogen) atoms. The molecule has 2 rings (SSSR count). The van der Waals surface area contributed by atoms with Crippen molar-refractivity contribution in [3.8, 4) is 5.75 Å². The molecule has 4 heteroatoms. The zero-order chi connectivity index (χ0) is 12.4. The molecule has 0 heterocycles. The average molecular weight is 236 g/mol. The van der Waals surface area contributed by atoms with Gasteiger partial charge in [-0.3, -0.25) is 9.59 Å². The van der Waals surface area contributed by atoms with E-state index in [0.29, 0.717) is 0 Å². The summed E-state index contributed by atoms with van der Waals surface area (Å²) in [4.78, 5) is 23.4. The Balaban J connectivity index is 2.20. The van der Waals surface area contributed by atoms with E-state index in [-0.39, 0.29) is 29.4 Å². The average Bonchev–Trinajstić information content (AvgIpc) is 3.11. The van der Waals surface area contributed by atoms with E-state index in [9.17, 15) is 14.0 Å². The minimum Gasteiger partial charge on any atom is -0.496 e. The molecule has 3 nitrogen and oxygen atoms in total. The quantitative estimate of drug-likeness (QED) is 0.582. The van der Waals surface area contributed by atoms with Crippen LogP contribution in [0.5, 0.6) is 5.75 Å². The van der Waals surface area contributed by atoms with Gasteiger partial charge < -0.3 is 4.74 Å². The monoisotopic (exact) mass is 236 g/mol. The van der Waals surface area contributed by atoms with Crippen LogP contribution in [0.2, 0.25) is 0 Å². The van der Waals surface area contributed by atoms with Crippen molar-refractivity contribution in [1.82, 2.24) is 0 Å². The number of rotatable bonds is 5. The first-order valence-electron chi connectivity index (χ1n) is 5.52. The summed E-state index contributed by atoms with van der Waals surface area (Å²) >= 11 is 0. The fourth-order valence-corrected chi connectivity index (χ4v) is 1.74. The van der Waals surface area contributed by atoms with Gasteiger partial charge in [0.25, 0.3) is 0 Å². The van der Waals surface area contributed by atoms with Gasteiger partial charge in [0, 0.05) is 5.92 Å². The molecule has 0 bridgehead atoms. The first kappa shape index (κ1) is 11.8. The number of hydrogen-bond donors (Lipinski definition) is 0. The summed E-state index contributed by atoms with van der Waals surface area (Å²) in [5, 5.41) is 0. The SMILES string of the molecule is COc1cccc(F)c1C(=O)CC(=O)C1CC1. The van der Waals surface area contributed by atoms with Gasteiger partial charge >= 0.3 is 0 Å². The Bertz CT molecular complexity index is 464. The van der Waals surface area contributed by atoms with Crippen molar-refractivity contribution in [2.75, 3.05) is 7.11 Å². The summed E-state index contributed by atoms with van der Waals surface area (Å²) in [5.41, 5.74) is -0.121. The minimum atomic E-state index is -0.641. The molecular formula is C13H13FO3. The van der Waals surface area contributed by atoms with Gasteiger partial charge in [-0.15, -0.1) is 0 Å². The third-order valence-electron chi connectivity index (χ3n) is 2.84.